The minimum atomic E-state index is -3.89. The number of nitrogens with one attached hydrogen (secondary N) is 2. The molecule has 2 heterocycles. The van der Waals surface area contributed by atoms with Crippen molar-refractivity contribution in [2.75, 3.05) is 0 Å². The van der Waals surface area contributed by atoms with Gasteiger partial charge in [-0.05, 0) is 13.8 Å². The molecule has 0 saturated heterocycles. The van der Waals surface area contributed by atoms with E-state index in [9.17, 15) is 13.2 Å². The molecule has 0 atom stereocenters. The lowest BCUT2D eigenvalue weighted by molar-refractivity contribution is 0.463. The number of aromatic nitrogens is 2. The van der Waals surface area contributed by atoms with Gasteiger partial charge in [0.2, 0.25) is 21.3 Å². The number of hydrogen-bond acceptors (Lipinski definition) is 5. The van der Waals surface area contributed by atoms with E-state index < -0.39 is 15.5 Å². The molecule has 0 aliphatic carbocycles. The van der Waals surface area contributed by atoms with E-state index in [-0.39, 0.29) is 17.3 Å². The van der Waals surface area contributed by atoms with E-state index in [4.69, 9.17) is 4.42 Å². The molecular formula is C11H13N3O4S. The number of hydrogen-bond donors (Lipinski definition) is 2. The van der Waals surface area contributed by atoms with Gasteiger partial charge in [0.25, 0.3) is 0 Å². The summed E-state index contributed by atoms with van der Waals surface area (Å²) >= 11 is 0. The van der Waals surface area contributed by atoms with Crippen LogP contribution in [-0.2, 0) is 16.6 Å². The molecule has 8 heteroatoms. The number of nitrogens with zero attached hydrogens (tertiary/aromatic N) is 1. The molecule has 0 aromatic carbocycles. The molecule has 0 bridgehead atoms. The van der Waals surface area contributed by atoms with Crippen molar-refractivity contribution in [2.45, 2.75) is 25.3 Å². The van der Waals surface area contributed by atoms with Gasteiger partial charge < -0.3 is 9.40 Å². The molecular weight excluding hydrogens is 270 g/mol. The van der Waals surface area contributed by atoms with Crippen molar-refractivity contribution >= 4 is 10.0 Å². The Hall–Kier alpha value is -1.93. The Kier molecular flexibility index (Phi) is 3.54. The van der Waals surface area contributed by atoms with Crippen LogP contribution in [0.3, 0.4) is 0 Å². The molecule has 2 aromatic rings. The Morgan fingerprint density at radius 3 is 2.74 bits per heavy atom. The highest BCUT2D eigenvalue weighted by Gasteiger charge is 2.18. The zero-order valence-corrected chi connectivity index (χ0v) is 11.2. The number of aryl methyl sites for hydroxylation is 2. The quantitative estimate of drug-likeness (QED) is 0.848. The third-order valence-electron chi connectivity index (χ3n) is 2.56. The molecule has 0 amide bonds. The number of aromatic amines is 1. The molecule has 0 radical (unpaired) electrons. The minimum Gasteiger partial charge on any atom is -0.444 e. The van der Waals surface area contributed by atoms with Crippen LogP contribution in [0.1, 0.15) is 17.3 Å². The van der Waals surface area contributed by atoms with Crippen LogP contribution in [0.5, 0.6) is 0 Å². The molecule has 0 aliphatic heterocycles. The molecule has 0 saturated carbocycles. The molecule has 0 aliphatic rings. The number of rotatable bonds is 4. The lowest BCUT2D eigenvalue weighted by atomic mass is 10.4. The average Bonchev–Trinajstić information content (AvgIpc) is 2.67. The van der Waals surface area contributed by atoms with Gasteiger partial charge in [-0.25, -0.2) is 18.1 Å². The van der Waals surface area contributed by atoms with Crippen LogP contribution in [-0.4, -0.2) is 18.4 Å². The van der Waals surface area contributed by atoms with E-state index in [2.05, 4.69) is 14.7 Å². The number of sulfonamides is 1. The predicted molar refractivity (Wildman–Crippen MR) is 67.1 cm³/mol. The predicted octanol–water partition coefficient (Wildman–Crippen LogP) is 0.458. The largest absolute Gasteiger partial charge is 0.444 e. The fourth-order valence-corrected chi connectivity index (χ4v) is 2.49. The van der Waals surface area contributed by atoms with Gasteiger partial charge in [-0.1, -0.05) is 0 Å². The molecule has 2 rings (SSSR count). The maximum Gasteiger partial charge on any atom is 0.246 e. The van der Waals surface area contributed by atoms with Crippen molar-refractivity contribution in [3.8, 4) is 0 Å². The smallest absolute Gasteiger partial charge is 0.246 e. The van der Waals surface area contributed by atoms with Gasteiger partial charge in [-0.3, -0.25) is 4.79 Å². The molecule has 2 aromatic heterocycles. The van der Waals surface area contributed by atoms with Gasteiger partial charge >= 0.3 is 0 Å². The monoisotopic (exact) mass is 283 g/mol. The van der Waals surface area contributed by atoms with Crippen LogP contribution in [0.4, 0.5) is 0 Å². The van der Waals surface area contributed by atoms with E-state index in [1.807, 2.05) is 0 Å². The van der Waals surface area contributed by atoms with Crippen LogP contribution in [0, 0.1) is 13.8 Å². The second kappa shape index (κ2) is 4.98. The van der Waals surface area contributed by atoms with E-state index in [0.717, 1.165) is 12.3 Å². The van der Waals surface area contributed by atoms with Gasteiger partial charge in [-0.2, -0.15) is 0 Å². The van der Waals surface area contributed by atoms with Crippen LogP contribution in [0.2, 0.25) is 0 Å². The summed E-state index contributed by atoms with van der Waals surface area (Å²) < 4.78 is 31.4. The third kappa shape index (κ3) is 2.91. The number of oxazole rings is 1. The van der Waals surface area contributed by atoms with E-state index in [1.165, 1.54) is 6.20 Å². The van der Waals surface area contributed by atoms with E-state index >= 15 is 0 Å². The van der Waals surface area contributed by atoms with Crippen molar-refractivity contribution < 1.29 is 12.8 Å². The summed E-state index contributed by atoms with van der Waals surface area (Å²) in [7, 11) is -3.89. The highest BCUT2D eigenvalue weighted by molar-refractivity contribution is 7.89. The number of H-pyrrole nitrogens is 1. The van der Waals surface area contributed by atoms with Crippen molar-refractivity contribution in [2.24, 2.45) is 0 Å². The third-order valence-corrected chi connectivity index (χ3v) is 3.99. The molecule has 0 spiro atoms. The first-order valence-electron chi connectivity index (χ1n) is 5.50. The van der Waals surface area contributed by atoms with Crippen LogP contribution in [0.25, 0.3) is 0 Å². The van der Waals surface area contributed by atoms with Gasteiger partial charge in [-0.15, -0.1) is 0 Å². The summed E-state index contributed by atoms with van der Waals surface area (Å²) in [6.07, 6.45) is 2.50. The SMILES string of the molecule is Cc1nc(CNS(=O)(=O)c2c[nH]ccc2=O)oc1C. The summed E-state index contributed by atoms with van der Waals surface area (Å²) in [5.41, 5.74) is 0.123. The topological polar surface area (TPSA) is 105 Å². The van der Waals surface area contributed by atoms with Gasteiger partial charge in [0.05, 0.1) is 12.2 Å². The Bertz CT molecular complexity index is 726. The second-order valence-corrected chi connectivity index (χ2v) is 5.68. The second-order valence-electron chi connectivity index (χ2n) is 3.95. The Morgan fingerprint density at radius 1 is 1.42 bits per heavy atom. The van der Waals surface area contributed by atoms with Gasteiger partial charge in [0.15, 0.2) is 0 Å². The summed E-state index contributed by atoms with van der Waals surface area (Å²) in [6, 6.07) is 1.15. The zero-order valence-electron chi connectivity index (χ0n) is 10.4. The minimum absolute atomic E-state index is 0.106. The maximum absolute atomic E-state index is 11.9. The fourth-order valence-electron chi connectivity index (χ4n) is 1.46. The van der Waals surface area contributed by atoms with Crippen LogP contribution < -0.4 is 10.2 Å². The van der Waals surface area contributed by atoms with Crippen LogP contribution in [0.15, 0.2) is 32.6 Å². The lowest BCUT2D eigenvalue weighted by Gasteiger charge is -2.03. The Morgan fingerprint density at radius 2 is 2.16 bits per heavy atom. The van der Waals surface area contributed by atoms with Crippen molar-refractivity contribution in [1.82, 2.24) is 14.7 Å². The molecule has 7 nitrogen and oxygen atoms in total. The fraction of sp³-hybridized carbons (Fsp3) is 0.273. The number of pyridine rings is 1. The summed E-state index contributed by atoms with van der Waals surface area (Å²) in [5.74, 6) is 0.887. The van der Waals surface area contributed by atoms with E-state index in [1.54, 1.807) is 13.8 Å². The highest BCUT2D eigenvalue weighted by atomic mass is 32.2. The van der Waals surface area contributed by atoms with Crippen molar-refractivity contribution in [3.05, 3.63) is 46.0 Å². The standard InChI is InChI=1S/C11H13N3O4S/c1-7-8(2)18-11(14-7)6-13-19(16,17)10-5-12-4-3-9(10)15/h3-5,13H,6H2,1-2H3,(H,12,15). The normalized spacial score (nSPS) is 11.7. The van der Waals surface area contributed by atoms with Gasteiger partial charge in [0.1, 0.15) is 10.7 Å². The van der Waals surface area contributed by atoms with Crippen molar-refractivity contribution in [3.63, 3.8) is 0 Å². The molecule has 102 valence electrons. The Balaban J connectivity index is 2.19. The summed E-state index contributed by atoms with van der Waals surface area (Å²) in [4.78, 5) is 17.7. The molecule has 19 heavy (non-hydrogen) atoms. The highest BCUT2D eigenvalue weighted by Crippen LogP contribution is 2.09. The molecule has 0 unspecified atom stereocenters. The average molecular weight is 283 g/mol. The first-order chi connectivity index (χ1) is 8.90. The molecule has 2 N–H and O–H groups in total. The molecule has 0 fully saturated rings. The van der Waals surface area contributed by atoms with Gasteiger partial charge in [0, 0.05) is 18.5 Å². The summed E-state index contributed by atoms with van der Waals surface area (Å²) in [6.45, 7) is 3.40. The summed E-state index contributed by atoms with van der Waals surface area (Å²) in [5, 5.41) is 0. The van der Waals surface area contributed by atoms with Crippen LogP contribution >= 0.6 is 0 Å². The Labute approximate surface area is 109 Å². The van der Waals surface area contributed by atoms with E-state index in [0.29, 0.717) is 11.5 Å². The maximum atomic E-state index is 11.9. The van der Waals surface area contributed by atoms with Crippen molar-refractivity contribution in [1.29, 1.82) is 0 Å². The lowest BCUT2D eigenvalue weighted by Crippen LogP contribution is -2.28. The zero-order chi connectivity index (χ0) is 14.0. The first kappa shape index (κ1) is 13.5. The first-order valence-corrected chi connectivity index (χ1v) is 6.98.